The molecule has 2 N–H and O–H groups in total. The number of nitrogens with one attached hydrogen (secondary N) is 1. The van der Waals surface area contributed by atoms with Crippen LogP contribution in [0.1, 0.15) is 44.4 Å². The summed E-state index contributed by atoms with van der Waals surface area (Å²) in [7, 11) is 0. The number of aryl methyl sites for hydroxylation is 2. The number of carbonyl (C=O) groups is 1. The number of amides is 1. The van der Waals surface area contributed by atoms with Gasteiger partial charge in [0.25, 0.3) is 0 Å². The Balaban J connectivity index is 2.67. The minimum atomic E-state index is -0.520. The van der Waals surface area contributed by atoms with E-state index >= 15 is 0 Å². The van der Waals surface area contributed by atoms with Crippen molar-refractivity contribution in [2.24, 2.45) is 5.41 Å². The normalized spacial score (nSPS) is 14.3. The Labute approximate surface area is 133 Å². The van der Waals surface area contributed by atoms with Crippen LogP contribution in [-0.4, -0.2) is 30.0 Å². The van der Waals surface area contributed by atoms with Gasteiger partial charge in [0.1, 0.15) is 5.60 Å². The van der Waals surface area contributed by atoms with Crippen molar-refractivity contribution < 1.29 is 14.6 Å². The maximum atomic E-state index is 11.8. The summed E-state index contributed by atoms with van der Waals surface area (Å²) in [4.78, 5) is 11.8. The number of ether oxygens (including phenoxy) is 1. The van der Waals surface area contributed by atoms with E-state index in [0.717, 1.165) is 5.56 Å². The zero-order valence-corrected chi connectivity index (χ0v) is 14.6. The summed E-state index contributed by atoms with van der Waals surface area (Å²) in [6.07, 6.45) is 0.243. The van der Waals surface area contributed by atoms with Crippen LogP contribution in [0.2, 0.25) is 0 Å². The molecule has 0 heterocycles. The van der Waals surface area contributed by atoms with E-state index in [-0.39, 0.29) is 6.61 Å². The lowest BCUT2D eigenvalue weighted by Crippen LogP contribution is -2.41. The largest absolute Gasteiger partial charge is 0.444 e. The number of hydrogen-bond donors (Lipinski definition) is 2. The first-order valence-electron chi connectivity index (χ1n) is 7.68. The fraction of sp³-hybridized carbons (Fsp3) is 0.611. The quantitative estimate of drug-likeness (QED) is 0.877. The number of hydrogen-bond acceptors (Lipinski definition) is 3. The van der Waals surface area contributed by atoms with Crippen LogP contribution in [0.5, 0.6) is 0 Å². The van der Waals surface area contributed by atoms with Crippen LogP contribution in [-0.2, 0) is 11.2 Å². The SMILES string of the molecule is Cc1ccc(CC(C)(CO)CNC(=O)OC(C)(C)C)cc1C. The first-order chi connectivity index (χ1) is 10.0. The highest BCUT2D eigenvalue weighted by atomic mass is 16.6. The third-order valence-electron chi connectivity index (χ3n) is 3.64. The zero-order valence-electron chi connectivity index (χ0n) is 14.6. The van der Waals surface area contributed by atoms with Crippen LogP contribution in [0.25, 0.3) is 0 Å². The molecule has 1 aromatic carbocycles. The summed E-state index contributed by atoms with van der Waals surface area (Å²) in [6.45, 7) is 12.0. The molecule has 0 aromatic heterocycles. The molecule has 1 unspecified atom stereocenters. The third-order valence-corrected chi connectivity index (χ3v) is 3.64. The maximum Gasteiger partial charge on any atom is 0.407 e. The average Bonchev–Trinajstić information content (AvgIpc) is 2.39. The lowest BCUT2D eigenvalue weighted by Gasteiger charge is -2.29. The lowest BCUT2D eigenvalue weighted by molar-refractivity contribution is 0.0478. The van der Waals surface area contributed by atoms with Crippen LogP contribution in [0.15, 0.2) is 18.2 Å². The second-order valence-corrected chi connectivity index (χ2v) is 7.42. The number of carbonyl (C=O) groups excluding carboxylic acids is 1. The molecule has 4 nitrogen and oxygen atoms in total. The summed E-state index contributed by atoms with van der Waals surface area (Å²) < 4.78 is 5.23. The third kappa shape index (κ3) is 6.06. The Hall–Kier alpha value is -1.55. The molecule has 4 heteroatoms. The number of benzene rings is 1. The van der Waals surface area contributed by atoms with Crippen LogP contribution in [0.4, 0.5) is 4.79 Å². The number of rotatable bonds is 5. The number of aliphatic hydroxyl groups excluding tert-OH is 1. The molecule has 0 radical (unpaired) electrons. The molecule has 124 valence electrons. The molecule has 1 amide bonds. The van der Waals surface area contributed by atoms with Gasteiger partial charge in [-0.25, -0.2) is 4.79 Å². The summed E-state index contributed by atoms with van der Waals surface area (Å²) in [6, 6.07) is 6.30. The molecule has 1 aromatic rings. The van der Waals surface area contributed by atoms with Gasteiger partial charge in [-0.2, -0.15) is 0 Å². The van der Waals surface area contributed by atoms with Crippen molar-refractivity contribution >= 4 is 6.09 Å². The van der Waals surface area contributed by atoms with Gasteiger partial charge in [0.2, 0.25) is 0 Å². The van der Waals surface area contributed by atoms with Crippen LogP contribution in [0, 0.1) is 19.3 Å². The van der Waals surface area contributed by atoms with Gasteiger partial charge in [-0.15, -0.1) is 0 Å². The first-order valence-corrected chi connectivity index (χ1v) is 7.68. The van der Waals surface area contributed by atoms with E-state index in [9.17, 15) is 9.90 Å². The standard InChI is InChI=1S/C18H29NO3/c1-13-7-8-15(9-14(13)2)10-18(6,12-20)11-19-16(21)22-17(3,4)5/h7-9,20H,10-12H2,1-6H3,(H,19,21). The fourth-order valence-electron chi connectivity index (χ4n) is 2.18. The van der Waals surface area contributed by atoms with Gasteiger partial charge in [0.05, 0.1) is 6.61 Å². The summed E-state index contributed by atoms with van der Waals surface area (Å²) in [5, 5.41) is 12.5. The van der Waals surface area contributed by atoms with Crippen molar-refractivity contribution in [3.8, 4) is 0 Å². The molecular formula is C18H29NO3. The minimum Gasteiger partial charge on any atom is -0.444 e. The van der Waals surface area contributed by atoms with Crippen molar-refractivity contribution in [1.82, 2.24) is 5.32 Å². The van der Waals surface area contributed by atoms with Gasteiger partial charge >= 0.3 is 6.09 Å². The molecular weight excluding hydrogens is 278 g/mol. The molecule has 0 saturated heterocycles. The van der Waals surface area contributed by atoms with Gasteiger partial charge in [-0.05, 0) is 57.7 Å². The average molecular weight is 307 g/mol. The molecule has 0 aliphatic heterocycles. The van der Waals surface area contributed by atoms with Crippen molar-refractivity contribution in [3.05, 3.63) is 34.9 Å². The molecule has 0 bridgehead atoms. The molecule has 1 rings (SSSR count). The summed E-state index contributed by atoms with van der Waals surface area (Å²) in [5.74, 6) is 0. The Bertz CT molecular complexity index is 520. The topological polar surface area (TPSA) is 58.6 Å². The molecule has 0 fully saturated rings. The van der Waals surface area contributed by atoms with E-state index in [4.69, 9.17) is 4.74 Å². The molecule has 0 spiro atoms. The number of alkyl carbamates (subject to hydrolysis) is 1. The first kappa shape index (κ1) is 18.5. The van der Waals surface area contributed by atoms with Crippen LogP contribution >= 0.6 is 0 Å². The maximum absolute atomic E-state index is 11.8. The van der Waals surface area contributed by atoms with E-state index < -0.39 is 17.1 Å². The van der Waals surface area contributed by atoms with Crippen molar-refractivity contribution in [3.63, 3.8) is 0 Å². The minimum absolute atomic E-state index is 0.00424. The van der Waals surface area contributed by atoms with E-state index in [0.29, 0.717) is 13.0 Å². The molecule has 1 atom stereocenters. The van der Waals surface area contributed by atoms with Gasteiger partial charge in [0.15, 0.2) is 0 Å². The monoisotopic (exact) mass is 307 g/mol. The van der Waals surface area contributed by atoms with E-state index in [1.807, 2.05) is 27.7 Å². The molecule has 0 saturated carbocycles. The molecule has 0 aliphatic rings. The smallest absolute Gasteiger partial charge is 0.407 e. The highest BCUT2D eigenvalue weighted by Gasteiger charge is 2.26. The predicted octanol–water partition coefficient (Wildman–Crippen LogP) is 3.37. The molecule has 22 heavy (non-hydrogen) atoms. The van der Waals surface area contributed by atoms with Crippen molar-refractivity contribution in [1.29, 1.82) is 0 Å². The van der Waals surface area contributed by atoms with E-state index in [1.54, 1.807) is 0 Å². The van der Waals surface area contributed by atoms with Gasteiger partial charge in [-0.1, -0.05) is 25.1 Å². The highest BCUT2D eigenvalue weighted by Crippen LogP contribution is 2.23. The van der Waals surface area contributed by atoms with Gasteiger partial charge in [0, 0.05) is 12.0 Å². The predicted molar refractivity (Wildman–Crippen MR) is 89.0 cm³/mol. The Morgan fingerprint density at radius 2 is 1.82 bits per heavy atom. The Kier molecular flexibility index (Phi) is 6.00. The van der Waals surface area contributed by atoms with Crippen molar-refractivity contribution in [2.45, 2.75) is 53.6 Å². The highest BCUT2D eigenvalue weighted by molar-refractivity contribution is 5.67. The zero-order chi connectivity index (χ0) is 17.0. The van der Waals surface area contributed by atoms with Gasteiger partial charge < -0.3 is 15.2 Å². The van der Waals surface area contributed by atoms with Gasteiger partial charge in [-0.3, -0.25) is 0 Å². The lowest BCUT2D eigenvalue weighted by atomic mass is 9.83. The van der Waals surface area contributed by atoms with E-state index in [2.05, 4.69) is 37.4 Å². The van der Waals surface area contributed by atoms with E-state index in [1.165, 1.54) is 11.1 Å². The van der Waals surface area contributed by atoms with Crippen molar-refractivity contribution in [2.75, 3.05) is 13.2 Å². The Morgan fingerprint density at radius 1 is 1.18 bits per heavy atom. The van der Waals surface area contributed by atoms with Crippen LogP contribution in [0.3, 0.4) is 0 Å². The second kappa shape index (κ2) is 7.14. The summed E-state index contributed by atoms with van der Waals surface area (Å²) >= 11 is 0. The second-order valence-electron chi connectivity index (χ2n) is 7.42. The van der Waals surface area contributed by atoms with Crippen LogP contribution < -0.4 is 5.32 Å². The molecule has 0 aliphatic carbocycles. The number of aliphatic hydroxyl groups is 1. The fourth-order valence-corrected chi connectivity index (χ4v) is 2.18. The summed E-state index contributed by atoms with van der Waals surface area (Å²) in [5.41, 5.74) is 2.71. The Morgan fingerprint density at radius 3 is 2.32 bits per heavy atom.